The Kier molecular flexibility index (Phi) is 6.88. The molecule has 26 heavy (non-hydrogen) atoms. The Balaban J connectivity index is 1.72. The fraction of sp³-hybridized carbons (Fsp3) is 0.556. The van der Waals surface area contributed by atoms with Gasteiger partial charge in [0.2, 0.25) is 11.8 Å². The molecule has 1 heterocycles. The Morgan fingerprint density at radius 3 is 2.58 bits per heavy atom. The first kappa shape index (κ1) is 20.1. The summed E-state index contributed by atoms with van der Waals surface area (Å²) < 4.78 is 42.8. The van der Waals surface area contributed by atoms with Gasteiger partial charge in [0.25, 0.3) is 0 Å². The lowest BCUT2D eigenvalue weighted by Gasteiger charge is -2.31. The molecule has 8 heteroatoms. The SMILES string of the molecule is CCC(=O)N1CCC[C@@H](C(=O)NCCOc2ccc(C(F)(F)F)cc2)C1. The molecule has 1 fully saturated rings. The number of ether oxygens (including phenoxy) is 1. The first-order valence-electron chi connectivity index (χ1n) is 8.66. The van der Waals surface area contributed by atoms with Crippen molar-refractivity contribution in [1.29, 1.82) is 0 Å². The summed E-state index contributed by atoms with van der Waals surface area (Å²) in [6.07, 6.45) is -2.42. The molecule has 1 aliphatic rings. The Morgan fingerprint density at radius 1 is 1.27 bits per heavy atom. The lowest BCUT2D eigenvalue weighted by molar-refractivity contribution is -0.138. The number of carbonyl (C=O) groups excluding carboxylic acids is 2. The summed E-state index contributed by atoms with van der Waals surface area (Å²) in [4.78, 5) is 25.6. The predicted octanol–water partition coefficient (Wildman–Crippen LogP) is 2.85. The van der Waals surface area contributed by atoms with Crippen LogP contribution >= 0.6 is 0 Å². The van der Waals surface area contributed by atoms with Crippen LogP contribution in [-0.4, -0.2) is 43.0 Å². The normalized spacial score (nSPS) is 17.7. The number of benzene rings is 1. The van der Waals surface area contributed by atoms with E-state index >= 15 is 0 Å². The molecule has 5 nitrogen and oxygen atoms in total. The minimum absolute atomic E-state index is 0.0492. The Bertz CT molecular complexity index is 617. The van der Waals surface area contributed by atoms with Gasteiger partial charge in [0, 0.05) is 19.5 Å². The van der Waals surface area contributed by atoms with Crippen molar-refractivity contribution in [2.75, 3.05) is 26.2 Å². The number of hydrogen-bond acceptors (Lipinski definition) is 3. The van der Waals surface area contributed by atoms with Crippen LogP contribution in [0.3, 0.4) is 0 Å². The topological polar surface area (TPSA) is 58.6 Å². The molecule has 1 aromatic rings. The van der Waals surface area contributed by atoms with Crippen molar-refractivity contribution in [3.63, 3.8) is 0 Å². The third kappa shape index (κ3) is 5.64. The van der Waals surface area contributed by atoms with Crippen LogP contribution in [0.1, 0.15) is 31.7 Å². The largest absolute Gasteiger partial charge is 0.492 e. The minimum atomic E-state index is -4.38. The van der Waals surface area contributed by atoms with Crippen molar-refractivity contribution < 1.29 is 27.5 Å². The van der Waals surface area contributed by atoms with Crippen molar-refractivity contribution in [3.8, 4) is 5.75 Å². The first-order chi connectivity index (χ1) is 12.3. The second-order valence-corrected chi connectivity index (χ2v) is 6.19. The summed E-state index contributed by atoms with van der Waals surface area (Å²) in [5.41, 5.74) is -0.735. The van der Waals surface area contributed by atoms with Crippen molar-refractivity contribution in [3.05, 3.63) is 29.8 Å². The molecule has 0 bridgehead atoms. The number of rotatable bonds is 6. The van der Waals surface area contributed by atoms with Crippen LogP contribution < -0.4 is 10.1 Å². The molecule has 1 saturated heterocycles. The second kappa shape index (κ2) is 8.91. The van der Waals surface area contributed by atoms with Crippen molar-refractivity contribution in [2.24, 2.45) is 5.92 Å². The van der Waals surface area contributed by atoms with E-state index in [0.29, 0.717) is 25.3 Å². The highest BCUT2D eigenvalue weighted by Crippen LogP contribution is 2.30. The average molecular weight is 372 g/mol. The van der Waals surface area contributed by atoms with Crippen LogP contribution in [0, 0.1) is 5.92 Å². The molecule has 0 radical (unpaired) electrons. The number of amides is 2. The van der Waals surface area contributed by atoms with E-state index in [1.54, 1.807) is 11.8 Å². The summed E-state index contributed by atoms with van der Waals surface area (Å²) in [6.45, 7) is 3.32. The maximum atomic E-state index is 12.5. The summed E-state index contributed by atoms with van der Waals surface area (Å²) in [5, 5.41) is 2.75. The standard InChI is InChI=1S/C18H23F3N2O3/c1-2-16(24)23-10-3-4-13(12-23)17(25)22-9-11-26-15-7-5-14(6-8-15)18(19,20)21/h5-8,13H,2-4,9-12H2,1H3,(H,22,25)/t13-/m1/s1. The monoisotopic (exact) mass is 372 g/mol. The molecule has 0 aromatic heterocycles. The zero-order valence-electron chi connectivity index (χ0n) is 14.6. The van der Waals surface area contributed by atoms with Gasteiger partial charge in [-0.2, -0.15) is 13.2 Å². The maximum absolute atomic E-state index is 12.5. The fourth-order valence-electron chi connectivity index (χ4n) is 2.87. The Morgan fingerprint density at radius 2 is 1.96 bits per heavy atom. The third-order valence-corrected chi connectivity index (χ3v) is 4.30. The molecule has 0 spiro atoms. The van der Waals surface area contributed by atoms with E-state index < -0.39 is 11.7 Å². The van der Waals surface area contributed by atoms with Crippen LogP contribution in [0.5, 0.6) is 5.75 Å². The zero-order chi connectivity index (χ0) is 19.2. The van der Waals surface area contributed by atoms with E-state index in [1.807, 2.05) is 0 Å². The maximum Gasteiger partial charge on any atom is 0.416 e. The number of piperidine rings is 1. The number of halogens is 3. The summed E-state index contributed by atoms with van der Waals surface area (Å²) in [6, 6.07) is 4.41. The number of nitrogens with one attached hydrogen (secondary N) is 1. The van der Waals surface area contributed by atoms with Gasteiger partial charge < -0.3 is 15.0 Å². The lowest BCUT2D eigenvalue weighted by Crippen LogP contribution is -2.45. The van der Waals surface area contributed by atoms with Crippen molar-refractivity contribution in [1.82, 2.24) is 10.2 Å². The van der Waals surface area contributed by atoms with Crippen LogP contribution in [0.4, 0.5) is 13.2 Å². The zero-order valence-corrected chi connectivity index (χ0v) is 14.6. The van der Waals surface area contributed by atoms with Crippen LogP contribution in [0.15, 0.2) is 24.3 Å². The van der Waals surface area contributed by atoms with Gasteiger partial charge in [-0.15, -0.1) is 0 Å². The molecule has 144 valence electrons. The first-order valence-corrected chi connectivity index (χ1v) is 8.66. The molecule has 1 aromatic carbocycles. The second-order valence-electron chi connectivity index (χ2n) is 6.19. The van der Waals surface area contributed by atoms with Gasteiger partial charge in [0.15, 0.2) is 0 Å². The summed E-state index contributed by atoms with van der Waals surface area (Å²) in [5.74, 6) is -0.00212. The molecule has 1 atom stereocenters. The highest BCUT2D eigenvalue weighted by atomic mass is 19.4. The average Bonchev–Trinajstić information content (AvgIpc) is 2.64. The van der Waals surface area contributed by atoms with Gasteiger partial charge in [0.1, 0.15) is 12.4 Å². The van der Waals surface area contributed by atoms with Crippen molar-refractivity contribution >= 4 is 11.8 Å². The van der Waals surface area contributed by atoms with Gasteiger partial charge in [0.05, 0.1) is 18.0 Å². The van der Waals surface area contributed by atoms with Crippen LogP contribution in [-0.2, 0) is 15.8 Å². The number of hydrogen-bond donors (Lipinski definition) is 1. The Hall–Kier alpha value is -2.25. The van der Waals surface area contributed by atoms with E-state index in [0.717, 1.165) is 25.0 Å². The number of alkyl halides is 3. The van der Waals surface area contributed by atoms with Gasteiger partial charge in [-0.25, -0.2) is 0 Å². The molecule has 0 unspecified atom stereocenters. The van der Waals surface area contributed by atoms with Crippen molar-refractivity contribution in [2.45, 2.75) is 32.4 Å². The van der Waals surface area contributed by atoms with E-state index in [2.05, 4.69) is 5.32 Å². The van der Waals surface area contributed by atoms with E-state index in [1.165, 1.54) is 12.1 Å². The van der Waals surface area contributed by atoms with Crippen LogP contribution in [0.25, 0.3) is 0 Å². The van der Waals surface area contributed by atoms with E-state index in [-0.39, 0.29) is 30.9 Å². The molecule has 2 amide bonds. The van der Waals surface area contributed by atoms with Gasteiger partial charge in [-0.3, -0.25) is 9.59 Å². The Labute approximate surface area is 150 Å². The summed E-state index contributed by atoms with van der Waals surface area (Å²) in [7, 11) is 0. The predicted molar refractivity (Wildman–Crippen MR) is 89.5 cm³/mol. The highest BCUT2D eigenvalue weighted by molar-refractivity contribution is 5.81. The minimum Gasteiger partial charge on any atom is -0.492 e. The molecule has 0 saturated carbocycles. The highest BCUT2D eigenvalue weighted by Gasteiger charge is 2.30. The molecule has 2 rings (SSSR count). The van der Waals surface area contributed by atoms with E-state index in [9.17, 15) is 22.8 Å². The summed E-state index contributed by atoms with van der Waals surface area (Å²) >= 11 is 0. The molecular formula is C18H23F3N2O3. The lowest BCUT2D eigenvalue weighted by atomic mass is 9.97. The quantitative estimate of drug-likeness (QED) is 0.782. The van der Waals surface area contributed by atoms with Gasteiger partial charge >= 0.3 is 6.18 Å². The molecular weight excluding hydrogens is 349 g/mol. The fourth-order valence-corrected chi connectivity index (χ4v) is 2.87. The smallest absolute Gasteiger partial charge is 0.416 e. The number of carbonyl (C=O) groups is 2. The third-order valence-electron chi connectivity index (χ3n) is 4.30. The number of likely N-dealkylation sites (tertiary alicyclic amines) is 1. The van der Waals surface area contributed by atoms with Gasteiger partial charge in [-0.1, -0.05) is 6.92 Å². The molecule has 1 aliphatic heterocycles. The van der Waals surface area contributed by atoms with Crippen LogP contribution in [0.2, 0.25) is 0 Å². The molecule has 0 aliphatic carbocycles. The number of nitrogens with zero attached hydrogens (tertiary/aromatic N) is 1. The molecule has 1 N–H and O–H groups in total. The van der Waals surface area contributed by atoms with Gasteiger partial charge in [-0.05, 0) is 37.1 Å². The van der Waals surface area contributed by atoms with E-state index in [4.69, 9.17) is 4.74 Å².